The van der Waals surface area contributed by atoms with Gasteiger partial charge in [-0.1, -0.05) is 6.92 Å². The Bertz CT molecular complexity index is 665. The summed E-state index contributed by atoms with van der Waals surface area (Å²) < 4.78 is 5.74. The molecule has 0 atom stereocenters. The normalized spacial score (nSPS) is 15.8. The Balaban J connectivity index is 1.70. The molecule has 0 radical (unpaired) electrons. The van der Waals surface area contributed by atoms with Crippen LogP contribution in [-0.4, -0.2) is 29.0 Å². The van der Waals surface area contributed by atoms with Gasteiger partial charge in [0, 0.05) is 19.2 Å². The zero-order valence-corrected chi connectivity index (χ0v) is 13.8. The number of nitrogens with zero attached hydrogens (tertiary/aromatic N) is 3. The molecule has 2 aromatic rings. The Morgan fingerprint density at radius 2 is 2.14 bits per heavy atom. The van der Waals surface area contributed by atoms with Gasteiger partial charge in [-0.05, 0) is 46.8 Å². The molecule has 1 saturated heterocycles. The Morgan fingerprint density at radius 1 is 1.36 bits per heavy atom. The van der Waals surface area contributed by atoms with Crippen molar-refractivity contribution in [1.82, 2.24) is 9.97 Å². The summed E-state index contributed by atoms with van der Waals surface area (Å²) >= 11 is 3.18. The lowest BCUT2D eigenvalue weighted by atomic mass is 9.99. The maximum atomic E-state index is 12.1. The standard InChI is InChI=1S/C15H17BrN4O2/c1-10-4-6-20(7-5-10)14-8-13(17-9-18-14)19-15(21)11-2-3-12(16)22-11/h2-3,8-10H,4-7H2,1H3,(H,17,18,19,21). The van der Waals surface area contributed by atoms with Crippen LogP contribution in [0.5, 0.6) is 0 Å². The number of hydrogen-bond acceptors (Lipinski definition) is 5. The highest BCUT2D eigenvalue weighted by atomic mass is 79.9. The fourth-order valence-corrected chi connectivity index (χ4v) is 2.75. The first kappa shape index (κ1) is 15.0. The molecular weight excluding hydrogens is 348 g/mol. The van der Waals surface area contributed by atoms with Gasteiger partial charge in [-0.2, -0.15) is 0 Å². The van der Waals surface area contributed by atoms with Crippen molar-refractivity contribution in [2.24, 2.45) is 5.92 Å². The zero-order valence-electron chi connectivity index (χ0n) is 12.3. The van der Waals surface area contributed by atoms with Crippen molar-refractivity contribution in [3.8, 4) is 0 Å². The molecule has 2 aromatic heterocycles. The van der Waals surface area contributed by atoms with Gasteiger partial charge in [0.15, 0.2) is 10.4 Å². The summed E-state index contributed by atoms with van der Waals surface area (Å²) in [6.45, 7) is 4.23. The number of amides is 1. The van der Waals surface area contributed by atoms with E-state index < -0.39 is 0 Å². The van der Waals surface area contributed by atoms with E-state index in [-0.39, 0.29) is 11.7 Å². The van der Waals surface area contributed by atoms with Gasteiger partial charge in [-0.3, -0.25) is 4.79 Å². The van der Waals surface area contributed by atoms with Gasteiger partial charge in [0.25, 0.3) is 5.91 Å². The van der Waals surface area contributed by atoms with Gasteiger partial charge < -0.3 is 14.6 Å². The molecule has 6 nitrogen and oxygen atoms in total. The topological polar surface area (TPSA) is 71.3 Å². The summed E-state index contributed by atoms with van der Waals surface area (Å²) in [6.07, 6.45) is 3.79. The number of anilines is 2. The second-order valence-electron chi connectivity index (χ2n) is 5.49. The maximum absolute atomic E-state index is 12.1. The Labute approximate surface area is 137 Å². The molecule has 0 unspecified atom stereocenters. The number of carbonyl (C=O) groups excluding carboxylic acids is 1. The van der Waals surface area contributed by atoms with Crippen molar-refractivity contribution < 1.29 is 9.21 Å². The molecule has 1 fully saturated rings. The lowest BCUT2D eigenvalue weighted by molar-refractivity contribution is 0.0995. The van der Waals surface area contributed by atoms with Crippen molar-refractivity contribution in [2.45, 2.75) is 19.8 Å². The number of carbonyl (C=O) groups is 1. The minimum Gasteiger partial charge on any atom is -0.444 e. The van der Waals surface area contributed by atoms with Gasteiger partial charge >= 0.3 is 0 Å². The summed E-state index contributed by atoms with van der Waals surface area (Å²) in [4.78, 5) is 22.7. The van der Waals surface area contributed by atoms with Crippen LogP contribution in [0.2, 0.25) is 0 Å². The maximum Gasteiger partial charge on any atom is 0.292 e. The molecule has 3 heterocycles. The fourth-order valence-electron chi connectivity index (χ4n) is 2.44. The highest BCUT2D eigenvalue weighted by Gasteiger charge is 2.18. The van der Waals surface area contributed by atoms with Gasteiger partial charge in [0.1, 0.15) is 18.0 Å². The van der Waals surface area contributed by atoms with Crippen molar-refractivity contribution in [3.63, 3.8) is 0 Å². The van der Waals surface area contributed by atoms with Crippen LogP contribution in [0.25, 0.3) is 0 Å². The third-order valence-electron chi connectivity index (χ3n) is 3.80. The minimum absolute atomic E-state index is 0.235. The second-order valence-corrected chi connectivity index (χ2v) is 6.27. The lowest BCUT2D eigenvalue weighted by Gasteiger charge is -2.31. The largest absolute Gasteiger partial charge is 0.444 e. The highest BCUT2D eigenvalue weighted by Crippen LogP contribution is 2.22. The first-order valence-electron chi connectivity index (χ1n) is 7.25. The zero-order chi connectivity index (χ0) is 15.5. The Hall–Kier alpha value is -1.89. The van der Waals surface area contributed by atoms with Crippen molar-refractivity contribution in [3.05, 3.63) is 35.0 Å². The van der Waals surface area contributed by atoms with E-state index in [1.807, 2.05) is 0 Å². The summed E-state index contributed by atoms with van der Waals surface area (Å²) in [5.41, 5.74) is 0. The molecule has 0 bridgehead atoms. The minimum atomic E-state index is -0.331. The monoisotopic (exact) mass is 364 g/mol. The van der Waals surface area contributed by atoms with E-state index in [0.717, 1.165) is 37.7 Å². The molecule has 7 heteroatoms. The van der Waals surface area contributed by atoms with E-state index in [9.17, 15) is 4.79 Å². The van der Waals surface area contributed by atoms with Crippen molar-refractivity contribution >= 4 is 33.5 Å². The number of halogens is 1. The molecule has 0 aliphatic carbocycles. The van der Waals surface area contributed by atoms with Crippen LogP contribution in [0.4, 0.5) is 11.6 Å². The van der Waals surface area contributed by atoms with E-state index in [0.29, 0.717) is 10.5 Å². The SMILES string of the molecule is CC1CCN(c2cc(NC(=O)c3ccc(Br)o3)ncn2)CC1. The van der Waals surface area contributed by atoms with E-state index in [1.165, 1.54) is 6.33 Å². The molecule has 22 heavy (non-hydrogen) atoms. The van der Waals surface area contributed by atoms with Gasteiger partial charge in [0.05, 0.1) is 0 Å². The number of nitrogens with one attached hydrogen (secondary N) is 1. The fraction of sp³-hybridized carbons (Fsp3) is 0.400. The summed E-state index contributed by atoms with van der Waals surface area (Å²) in [7, 11) is 0. The molecule has 0 aromatic carbocycles. The number of aromatic nitrogens is 2. The van der Waals surface area contributed by atoms with Gasteiger partial charge in [-0.25, -0.2) is 9.97 Å². The Morgan fingerprint density at radius 3 is 2.82 bits per heavy atom. The molecule has 1 aliphatic heterocycles. The van der Waals surface area contributed by atoms with E-state index in [1.54, 1.807) is 18.2 Å². The van der Waals surface area contributed by atoms with Gasteiger partial charge in [-0.15, -0.1) is 0 Å². The number of furan rings is 1. The second kappa shape index (κ2) is 6.48. The van der Waals surface area contributed by atoms with Gasteiger partial charge in [0.2, 0.25) is 0 Å². The molecular formula is C15H17BrN4O2. The molecule has 3 rings (SSSR count). The molecule has 1 amide bonds. The molecule has 1 aliphatic rings. The Kier molecular flexibility index (Phi) is 4.42. The summed E-state index contributed by atoms with van der Waals surface area (Å²) in [6, 6.07) is 5.08. The molecule has 1 N–H and O–H groups in total. The number of piperidine rings is 1. The van der Waals surface area contributed by atoms with Crippen molar-refractivity contribution in [1.29, 1.82) is 0 Å². The third-order valence-corrected chi connectivity index (χ3v) is 4.23. The third kappa shape index (κ3) is 3.47. The van der Waals surface area contributed by atoms with Crippen molar-refractivity contribution in [2.75, 3.05) is 23.3 Å². The molecule has 0 spiro atoms. The average molecular weight is 365 g/mol. The van der Waals surface area contributed by atoms with Crippen LogP contribution in [-0.2, 0) is 0 Å². The predicted octanol–water partition coefficient (Wildman–Crippen LogP) is 3.32. The van der Waals surface area contributed by atoms with Crippen LogP contribution in [0, 0.1) is 5.92 Å². The molecule has 0 saturated carbocycles. The van der Waals surface area contributed by atoms with Crippen LogP contribution < -0.4 is 10.2 Å². The summed E-state index contributed by atoms with van der Waals surface area (Å²) in [5.74, 6) is 1.98. The van der Waals surface area contributed by atoms with Crippen LogP contribution in [0.15, 0.2) is 33.6 Å². The number of rotatable bonds is 3. The number of hydrogen-bond donors (Lipinski definition) is 1. The quantitative estimate of drug-likeness (QED) is 0.904. The smallest absolute Gasteiger partial charge is 0.292 e. The highest BCUT2D eigenvalue weighted by molar-refractivity contribution is 9.10. The van der Waals surface area contributed by atoms with Crippen LogP contribution in [0.3, 0.4) is 0 Å². The first-order chi connectivity index (χ1) is 10.6. The van der Waals surface area contributed by atoms with Crippen LogP contribution >= 0.6 is 15.9 Å². The average Bonchev–Trinajstić information content (AvgIpc) is 2.95. The predicted molar refractivity (Wildman–Crippen MR) is 87.0 cm³/mol. The first-order valence-corrected chi connectivity index (χ1v) is 8.05. The van der Waals surface area contributed by atoms with Crippen LogP contribution in [0.1, 0.15) is 30.3 Å². The molecule has 116 valence electrons. The van der Waals surface area contributed by atoms with E-state index in [2.05, 4.69) is 43.0 Å². The lowest BCUT2D eigenvalue weighted by Crippen LogP contribution is -2.33. The van der Waals surface area contributed by atoms with E-state index >= 15 is 0 Å². The summed E-state index contributed by atoms with van der Waals surface area (Å²) in [5, 5.41) is 2.73. The van der Waals surface area contributed by atoms with E-state index in [4.69, 9.17) is 4.42 Å².